The number of ether oxygens (including phenoxy) is 6. The van der Waals surface area contributed by atoms with Crippen molar-refractivity contribution in [2.75, 3.05) is 13.7 Å². The smallest absolute Gasteiger partial charge is 0.303 e. The molecule has 84 heavy (non-hydrogen) atoms. The standard InChI is InChI=1S/C66H122O14Si4/c1-42-35-46(68)31-33-52-43(2)36-48(74-52)29-27-26-28-30-54(79-83(22,23)65(11,12)13)61-62(80-84(24,25)66(14,15)16)58(70)60-53(77-61)34-32-49(75-60)37-47(69)38-51-56(40-55(44(42)3)73-45(4)67)76-57(59(51)71-17)39-50(78-82(20,21)64(8,9)10)41-72-81(18,19)63(5,6)7/h28,30,42,46,48-62,68,70H,2-3,26-27,29,31-41H2,1,4-25H3/b30-28+/t42?,46?,48?,49?,50?,51?,52-,53-,54?,55?,56-,57?,58-,59+,60?,61?,62?/m0/s1. The van der Waals surface area contributed by atoms with Gasteiger partial charge < -0.3 is 56.3 Å². The molecule has 0 spiro atoms. The van der Waals surface area contributed by atoms with E-state index < -0.39 is 118 Å². The van der Waals surface area contributed by atoms with E-state index in [-0.39, 0.29) is 69.4 Å². The molecule has 17 atom stereocenters. The van der Waals surface area contributed by atoms with Crippen LogP contribution in [0.3, 0.4) is 0 Å². The zero-order valence-corrected chi connectivity index (χ0v) is 61.1. The lowest BCUT2D eigenvalue weighted by Crippen LogP contribution is -2.67. The number of rotatable bonds is 13. The molecule has 0 aromatic rings. The number of hydrogen-bond donors (Lipinski definition) is 2. The second kappa shape index (κ2) is 29.0. The van der Waals surface area contributed by atoms with Crippen molar-refractivity contribution in [1.29, 1.82) is 0 Å². The average molecular weight is 1250 g/mol. The summed E-state index contributed by atoms with van der Waals surface area (Å²) in [4.78, 5) is 28.1. The van der Waals surface area contributed by atoms with Gasteiger partial charge in [0.15, 0.2) is 33.3 Å². The van der Waals surface area contributed by atoms with E-state index in [1.807, 2.05) is 6.92 Å². The number of ketones is 1. The Labute approximate surface area is 514 Å². The van der Waals surface area contributed by atoms with Crippen LogP contribution in [0.25, 0.3) is 0 Å². The quantitative estimate of drug-likeness (QED) is 0.102. The molecular weight excluding hydrogens is 1130 g/mol. The fraction of sp³-hybridized carbons (Fsp3) is 0.879. The van der Waals surface area contributed by atoms with Crippen molar-refractivity contribution in [3.8, 4) is 0 Å². The minimum absolute atomic E-state index is 0.0195. The fourth-order valence-electron chi connectivity index (χ4n) is 11.8. The summed E-state index contributed by atoms with van der Waals surface area (Å²) >= 11 is 0. The lowest BCUT2D eigenvalue weighted by molar-refractivity contribution is -0.269. The van der Waals surface area contributed by atoms with E-state index in [2.05, 4.69) is 161 Å². The third kappa shape index (κ3) is 19.2. The van der Waals surface area contributed by atoms with Crippen LogP contribution in [0.1, 0.15) is 180 Å². The zero-order valence-electron chi connectivity index (χ0n) is 57.1. The number of aliphatic hydroxyl groups is 2. The summed E-state index contributed by atoms with van der Waals surface area (Å²) in [6.07, 6.45) is 3.22. The predicted molar refractivity (Wildman–Crippen MR) is 347 cm³/mol. The largest absolute Gasteiger partial charge is 0.458 e. The maximum Gasteiger partial charge on any atom is 0.303 e. The maximum atomic E-state index is 15.0. The van der Waals surface area contributed by atoms with E-state index in [1.165, 1.54) is 6.92 Å². The Bertz CT molecular complexity index is 2210. The molecule has 4 saturated heterocycles. The van der Waals surface area contributed by atoms with Crippen LogP contribution in [-0.4, -0.2) is 161 Å². The topological polar surface area (TPSA) is 167 Å². The van der Waals surface area contributed by atoms with Gasteiger partial charge in [-0.2, -0.15) is 0 Å². The van der Waals surface area contributed by atoms with Crippen molar-refractivity contribution in [3.63, 3.8) is 0 Å². The van der Waals surface area contributed by atoms with Gasteiger partial charge in [-0.25, -0.2) is 0 Å². The predicted octanol–water partition coefficient (Wildman–Crippen LogP) is 14.5. The van der Waals surface area contributed by atoms with Crippen LogP contribution < -0.4 is 0 Å². The van der Waals surface area contributed by atoms with Crippen LogP contribution in [0, 0.1) is 11.8 Å². The molecule has 6 heterocycles. The lowest BCUT2D eigenvalue weighted by Gasteiger charge is -2.53. The van der Waals surface area contributed by atoms with Crippen molar-refractivity contribution in [1.82, 2.24) is 0 Å². The Morgan fingerprint density at radius 2 is 1.29 bits per heavy atom. The molecule has 0 aromatic heterocycles. The third-order valence-electron chi connectivity index (χ3n) is 21.3. The number of methoxy groups -OCH3 is 1. The summed E-state index contributed by atoms with van der Waals surface area (Å²) in [7, 11) is -7.84. The molecule has 0 saturated carbocycles. The molecule has 4 fully saturated rings. The molecule has 6 bridgehead atoms. The van der Waals surface area contributed by atoms with Gasteiger partial charge in [0.05, 0.1) is 67.6 Å². The van der Waals surface area contributed by atoms with Gasteiger partial charge in [-0.15, -0.1) is 0 Å². The highest BCUT2D eigenvalue weighted by atomic mass is 28.4. The number of aliphatic hydroxyl groups excluding tert-OH is 2. The Balaban J connectivity index is 1.56. The van der Waals surface area contributed by atoms with Gasteiger partial charge in [0, 0.05) is 45.6 Å². The van der Waals surface area contributed by atoms with Gasteiger partial charge in [-0.05, 0) is 147 Å². The van der Waals surface area contributed by atoms with Crippen molar-refractivity contribution in [3.05, 3.63) is 36.5 Å². The molecule has 18 heteroatoms. The van der Waals surface area contributed by atoms with E-state index in [4.69, 9.17) is 46.1 Å². The summed E-state index contributed by atoms with van der Waals surface area (Å²) in [6, 6.07) is 0. The zero-order chi connectivity index (χ0) is 63.5. The Kier molecular flexibility index (Phi) is 25.3. The van der Waals surface area contributed by atoms with Gasteiger partial charge in [-0.3, -0.25) is 9.59 Å². The molecule has 0 aromatic carbocycles. The lowest BCUT2D eigenvalue weighted by atomic mass is 9.82. The van der Waals surface area contributed by atoms with Crippen molar-refractivity contribution in [2.24, 2.45) is 11.8 Å². The van der Waals surface area contributed by atoms with Crippen molar-refractivity contribution < 1.29 is 65.9 Å². The highest BCUT2D eigenvalue weighted by Crippen LogP contribution is 2.47. The molecule has 12 unspecified atom stereocenters. The number of carbonyl (C=O) groups excluding carboxylic acids is 2. The van der Waals surface area contributed by atoms with Gasteiger partial charge in [0.1, 0.15) is 36.3 Å². The first-order chi connectivity index (χ1) is 38.4. The van der Waals surface area contributed by atoms with Gasteiger partial charge in [0.25, 0.3) is 0 Å². The SMILES string of the molecule is C=C1C(C)CC(O)CC[C@@H]2OC(CCC/C=C/C(O[Si](C)(C)C(C)(C)C)C3O[C@H]4CCC(CC(=O)CC5[C@@H](OC)C(CC(CO[Si](C)(C)C(C)(C)C)O[Si](C)(C)C(C)(C)C)O[C@H]5CC1OC(C)=O)OC4[C@H](O)C3O[Si](C)(C)C(C)(C)C)CC2=C. The Morgan fingerprint density at radius 1 is 0.690 bits per heavy atom. The normalized spacial score (nSPS) is 34.7. The van der Waals surface area contributed by atoms with Crippen LogP contribution >= 0.6 is 0 Å². The minimum Gasteiger partial charge on any atom is -0.458 e. The summed E-state index contributed by atoms with van der Waals surface area (Å²) < 4.78 is 69.5. The van der Waals surface area contributed by atoms with Crippen LogP contribution in [0.15, 0.2) is 36.5 Å². The molecule has 0 amide bonds. The first-order valence-corrected chi connectivity index (χ1v) is 43.9. The van der Waals surface area contributed by atoms with Gasteiger partial charge in [-0.1, -0.05) is 115 Å². The summed E-state index contributed by atoms with van der Waals surface area (Å²) in [5, 5.41) is 24.1. The summed E-state index contributed by atoms with van der Waals surface area (Å²) in [6.45, 7) is 57.5. The monoisotopic (exact) mass is 1250 g/mol. The first-order valence-electron chi connectivity index (χ1n) is 32.3. The molecule has 6 rings (SSSR count). The number of hydrogen-bond acceptors (Lipinski definition) is 14. The van der Waals surface area contributed by atoms with Gasteiger partial charge in [0.2, 0.25) is 0 Å². The maximum absolute atomic E-state index is 15.0. The molecule has 6 aliphatic rings. The van der Waals surface area contributed by atoms with E-state index in [0.29, 0.717) is 50.7 Å². The third-order valence-corrected chi connectivity index (χ3v) is 39.3. The second-order valence-corrected chi connectivity index (χ2v) is 51.3. The first kappa shape index (κ1) is 73.5. The number of fused-ring (bicyclic) bond motifs is 15. The van der Waals surface area contributed by atoms with Crippen LogP contribution in [0.5, 0.6) is 0 Å². The van der Waals surface area contributed by atoms with Crippen LogP contribution in [0.2, 0.25) is 72.5 Å². The Morgan fingerprint density at radius 3 is 1.87 bits per heavy atom. The molecule has 0 aliphatic carbocycles. The van der Waals surface area contributed by atoms with E-state index >= 15 is 0 Å². The van der Waals surface area contributed by atoms with Crippen LogP contribution in [-0.2, 0) is 55.7 Å². The van der Waals surface area contributed by atoms with E-state index in [1.54, 1.807) is 7.11 Å². The molecule has 0 radical (unpaired) electrons. The number of allylic oxidation sites excluding steroid dienone is 1. The highest BCUT2D eigenvalue weighted by molar-refractivity contribution is 6.75. The van der Waals surface area contributed by atoms with Crippen molar-refractivity contribution in [2.45, 2.75) is 344 Å². The second-order valence-electron chi connectivity index (χ2n) is 32.2. The minimum atomic E-state index is -2.54. The molecule has 486 valence electrons. The van der Waals surface area contributed by atoms with E-state index in [9.17, 15) is 19.8 Å². The number of Topliss-reactive ketones (excluding diaryl/α,β-unsaturated/α-hetero) is 1. The molecule has 6 aliphatic heterocycles. The average Bonchev–Trinajstić information content (AvgIpc) is 2.37. The fourth-order valence-corrected chi connectivity index (χ4v) is 16.7. The number of carbonyl (C=O) groups is 2. The summed E-state index contributed by atoms with van der Waals surface area (Å²) in [5.41, 5.74) is 1.73. The van der Waals surface area contributed by atoms with Gasteiger partial charge >= 0.3 is 5.97 Å². The number of esters is 1. The Hall–Kier alpha value is -1.21. The van der Waals surface area contributed by atoms with Crippen molar-refractivity contribution >= 4 is 45.0 Å². The molecule has 14 nitrogen and oxygen atoms in total. The molecular formula is C66H122O14Si4. The van der Waals surface area contributed by atoms with E-state index in [0.717, 1.165) is 31.3 Å². The van der Waals surface area contributed by atoms with Crippen LogP contribution in [0.4, 0.5) is 0 Å². The summed E-state index contributed by atoms with van der Waals surface area (Å²) in [5.74, 6) is -1.15. The highest BCUT2D eigenvalue weighted by Gasteiger charge is 2.56. The molecule has 2 N–H and O–H groups in total.